The van der Waals surface area contributed by atoms with E-state index in [9.17, 15) is 14.4 Å². The van der Waals surface area contributed by atoms with Crippen LogP contribution in [0, 0.1) is 0 Å². The first-order valence-corrected chi connectivity index (χ1v) is 10.8. The molecule has 3 N–H and O–H groups in total. The van der Waals surface area contributed by atoms with Crippen LogP contribution in [0.5, 0.6) is 0 Å². The zero-order chi connectivity index (χ0) is 22.8. The smallest absolute Gasteiger partial charge is 0.322 e. The summed E-state index contributed by atoms with van der Waals surface area (Å²) in [5.41, 5.74) is 0. The van der Waals surface area contributed by atoms with E-state index < -0.39 is 0 Å². The lowest BCUT2D eigenvalue weighted by Gasteiger charge is -2.10. The molecule has 7 nitrogen and oxygen atoms in total. The summed E-state index contributed by atoms with van der Waals surface area (Å²) in [6.45, 7) is 6.60. The SMILES string of the molecule is CC(=O)CCCS.CCC.CNCCC(=O)NC.CN[C@@H](CCS)C(=O)OC. The summed E-state index contributed by atoms with van der Waals surface area (Å²) in [7, 11) is 6.57. The summed E-state index contributed by atoms with van der Waals surface area (Å²) in [6.07, 6.45) is 4.11. The van der Waals surface area contributed by atoms with Gasteiger partial charge in [0.2, 0.25) is 5.91 Å². The highest BCUT2D eigenvalue weighted by molar-refractivity contribution is 7.80. The molecule has 0 heterocycles. The van der Waals surface area contributed by atoms with Gasteiger partial charge in [-0.1, -0.05) is 20.3 Å². The largest absolute Gasteiger partial charge is 0.468 e. The van der Waals surface area contributed by atoms with Crippen molar-refractivity contribution in [2.24, 2.45) is 0 Å². The summed E-state index contributed by atoms with van der Waals surface area (Å²) in [4.78, 5) is 31.4. The van der Waals surface area contributed by atoms with Gasteiger partial charge >= 0.3 is 5.97 Å². The van der Waals surface area contributed by atoms with Crippen molar-refractivity contribution >= 4 is 42.9 Å². The van der Waals surface area contributed by atoms with Crippen LogP contribution in [0.4, 0.5) is 0 Å². The van der Waals surface area contributed by atoms with Crippen LogP contribution in [0.3, 0.4) is 0 Å². The van der Waals surface area contributed by atoms with Crippen LogP contribution in [-0.2, 0) is 19.1 Å². The quantitative estimate of drug-likeness (QED) is 0.263. The second-order valence-corrected chi connectivity index (χ2v) is 6.53. The van der Waals surface area contributed by atoms with Gasteiger partial charge in [-0.2, -0.15) is 25.3 Å². The highest BCUT2D eigenvalue weighted by Gasteiger charge is 2.14. The Balaban J connectivity index is -0.000000146. The first-order valence-electron chi connectivity index (χ1n) is 9.57. The van der Waals surface area contributed by atoms with E-state index in [0.717, 1.165) is 18.7 Å². The number of ketones is 1. The van der Waals surface area contributed by atoms with Crippen LogP contribution in [0.1, 0.15) is 52.9 Å². The molecular formula is C19H43N3O4S2. The van der Waals surface area contributed by atoms with Crippen LogP contribution < -0.4 is 16.0 Å². The summed E-state index contributed by atoms with van der Waals surface area (Å²) in [6, 6.07) is -0.206. The Hall–Kier alpha value is -0.770. The monoisotopic (exact) mass is 441 g/mol. The number of ether oxygens (including phenoxy) is 1. The lowest BCUT2D eigenvalue weighted by atomic mass is 10.2. The number of amides is 1. The molecule has 28 heavy (non-hydrogen) atoms. The molecule has 0 bridgehead atoms. The van der Waals surface area contributed by atoms with E-state index in [2.05, 4.69) is 59.8 Å². The molecule has 0 radical (unpaired) electrons. The van der Waals surface area contributed by atoms with Gasteiger partial charge in [0.25, 0.3) is 0 Å². The van der Waals surface area contributed by atoms with Gasteiger partial charge in [-0.15, -0.1) is 0 Å². The summed E-state index contributed by atoms with van der Waals surface area (Å²) >= 11 is 7.94. The van der Waals surface area contributed by atoms with Crippen molar-refractivity contribution in [3.8, 4) is 0 Å². The predicted molar refractivity (Wildman–Crippen MR) is 126 cm³/mol. The Labute approximate surface area is 183 Å². The topological polar surface area (TPSA) is 96.5 Å². The summed E-state index contributed by atoms with van der Waals surface area (Å²) < 4.78 is 4.52. The molecule has 0 aromatic carbocycles. The van der Waals surface area contributed by atoms with Crippen LogP contribution >= 0.6 is 25.3 Å². The van der Waals surface area contributed by atoms with Crippen LogP contribution in [0.2, 0.25) is 0 Å². The molecule has 0 unspecified atom stereocenters. The Bertz CT molecular complexity index is 360. The Morgan fingerprint density at radius 1 is 1.00 bits per heavy atom. The van der Waals surface area contributed by atoms with Crippen LogP contribution in [-0.4, -0.2) is 70.0 Å². The Morgan fingerprint density at radius 2 is 1.54 bits per heavy atom. The fraction of sp³-hybridized carbons (Fsp3) is 0.842. The van der Waals surface area contributed by atoms with Gasteiger partial charge in [-0.3, -0.25) is 9.59 Å². The zero-order valence-corrected chi connectivity index (χ0v) is 20.6. The fourth-order valence-corrected chi connectivity index (χ4v) is 1.76. The van der Waals surface area contributed by atoms with E-state index in [4.69, 9.17) is 0 Å². The average Bonchev–Trinajstić information content (AvgIpc) is 2.69. The maximum Gasteiger partial charge on any atom is 0.322 e. The number of methoxy groups -OCH3 is 1. The van der Waals surface area contributed by atoms with Gasteiger partial charge in [0.1, 0.15) is 11.8 Å². The Morgan fingerprint density at radius 3 is 1.79 bits per heavy atom. The zero-order valence-electron chi connectivity index (χ0n) is 18.8. The van der Waals surface area contributed by atoms with E-state index in [1.165, 1.54) is 13.5 Å². The average molecular weight is 442 g/mol. The highest BCUT2D eigenvalue weighted by Crippen LogP contribution is 1.95. The van der Waals surface area contributed by atoms with Crippen molar-refractivity contribution in [2.75, 3.05) is 46.3 Å². The number of hydrogen-bond donors (Lipinski definition) is 5. The van der Waals surface area contributed by atoms with Crippen molar-refractivity contribution in [3.63, 3.8) is 0 Å². The molecule has 0 saturated carbocycles. The molecule has 0 fully saturated rings. The van der Waals surface area contributed by atoms with E-state index in [1.807, 2.05) is 7.05 Å². The van der Waals surface area contributed by atoms with E-state index >= 15 is 0 Å². The molecule has 170 valence electrons. The molecule has 0 spiro atoms. The molecule has 9 heteroatoms. The predicted octanol–water partition coefficient (Wildman–Crippen LogP) is 2.11. The number of likely N-dealkylation sites (N-methyl/N-ethyl adjacent to an activating group) is 1. The van der Waals surface area contributed by atoms with E-state index in [-0.39, 0.29) is 23.7 Å². The lowest BCUT2D eigenvalue weighted by Crippen LogP contribution is -2.35. The van der Waals surface area contributed by atoms with Crippen molar-refractivity contribution < 1.29 is 19.1 Å². The molecule has 0 rings (SSSR count). The second kappa shape index (κ2) is 30.9. The first kappa shape index (κ1) is 34.7. The molecule has 0 aliphatic heterocycles. The summed E-state index contributed by atoms with van der Waals surface area (Å²) in [5.74, 6) is 1.62. The number of carbonyl (C=O) groups excluding carboxylic acids is 3. The molecule has 1 atom stereocenters. The number of nitrogens with one attached hydrogen (secondary N) is 3. The van der Waals surface area contributed by atoms with E-state index in [1.54, 1.807) is 21.0 Å². The van der Waals surface area contributed by atoms with Crippen molar-refractivity contribution in [1.29, 1.82) is 0 Å². The Kier molecular flexibility index (Phi) is 38.4. The minimum absolute atomic E-state index is 0.0827. The number of thiol groups is 2. The van der Waals surface area contributed by atoms with Crippen LogP contribution in [0.25, 0.3) is 0 Å². The molecule has 0 aromatic heterocycles. The van der Waals surface area contributed by atoms with Gasteiger partial charge in [0.15, 0.2) is 0 Å². The van der Waals surface area contributed by atoms with E-state index in [0.29, 0.717) is 25.0 Å². The number of esters is 1. The van der Waals surface area contributed by atoms with Crippen molar-refractivity contribution in [3.05, 3.63) is 0 Å². The molecular weight excluding hydrogens is 398 g/mol. The number of Topliss-reactive ketones (excluding diaryl/α,β-unsaturated/α-hetero) is 1. The first-order chi connectivity index (χ1) is 13.2. The lowest BCUT2D eigenvalue weighted by molar-refractivity contribution is -0.143. The van der Waals surface area contributed by atoms with Crippen LogP contribution in [0.15, 0.2) is 0 Å². The van der Waals surface area contributed by atoms with Crippen molar-refractivity contribution in [1.82, 2.24) is 16.0 Å². The molecule has 0 aliphatic rings. The molecule has 0 aromatic rings. The maximum atomic E-state index is 10.8. The highest BCUT2D eigenvalue weighted by atomic mass is 32.1. The maximum absolute atomic E-state index is 10.8. The molecule has 0 saturated heterocycles. The standard InChI is InChI=1S/C6H13NO2S.C5H12N2O.C5H10OS.C3H8/c1-7-5(3-4-10)6(8)9-2;1-6-4-3-5(8)7-2;1-5(6)3-2-4-7;1-3-2/h5,7,10H,3-4H2,1-2H3;6H,3-4H2,1-2H3,(H,7,8);7H,2-4H2,1H3;3H2,1-2H3/t5-;;;/m0.../s1. The van der Waals surface area contributed by atoms with Gasteiger partial charge < -0.3 is 25.5 Å². The third-order valence-electron chi connectivity index (χ3n) is 2.82. The minimum Gasteiger partial charge on any atom is -0.468 e. The number of carbonyl (C=O) groups is 3. The fourth-order valence-electron chi connectivity index (χ4n) is 1.34. The third-order valence-corrected chi connectivity index (χ3v) is 3.39. The third kappa shape index (κ3) is 36.2. The number of hydrogen-bond acceptors (Lipinski definition) is 8. The van der Waals surface area contributed by atoms with Crippen molar-refractivity contribution in [2.45, 2.75) is 58.9 Å². The van der Waals surface area contributed by atoms with Gasteiger partial charge in [0.05, 0.1) is 7.11 Å². The number of rotatable bonds is 10. The second-order valence-electron chi connectivity index (χ2n) is 5.64. The van der Waals surface area contributed by atoms with Gasteiger partial charge in [0, 0.05) is 26.4 Å². The minimum atomic E-state index is -0.225. The normalized spacial score (nSPS) is 9.89. The van der Waals surface area contributed by atoms with Gasteiger partial charge in [-0.05, 0) is 45.4 Å². The summed E-state index contributed by atoms with van der Waals surface area (Å²) in [5, 5.41) is 8.22. The molecule has 0 aliphatic carbocycles. The molecule has 1 amide bonds. The van der Waals surface area contributed by atoms with Gasteiger partial charge in [-0.25, -0.2) is 0 Å².